The molecule has 2 N–H and O–H groups in total. The van der Waals surface area contributed by atoms with Gasteiger partial charge in [-0.2, -0.15) is 0 Å². The summed E-state index contributed by atoms with van der Waals surface area (Å²) in [5, 5.41) is 3.59. The van der Waals surface area contributed by atoms with Crippen LogP contribution in [0, 0.1) is 6.92 Å². The van der Waals surface area contributed by atoms with Gasteiger partial charge in [0.2, 0.25) is 0 Å². The van der Waals surface area contributed by atoms with Crippen LogP contribution in [0.3, 0.4) is 0 Å². The van der Waals surface area contributed by atoms with Crippen molar-refractivity contribution in [2.45, 2.75) is 18.4 Å². The summed E-state index contributed by atoms with van der Waals surface area (Å²) in [5.41, 5.74) is 2.24. The van der Waals surface area contributed by atoms with Gasteiger partial charge in [0, 0.05) is 17.3 Å². The summed E-state index contributed by atoms with van der Waals surface area (Å²) in [6.07, 6.45) is 0. The first-order valence-corrected chi connectivity index (χ1v) is 10.9. The first kappa shape index (κ1) is 21.2. The quantitative estimate of drug-likeness (QED) is 0.554. The monoisotopic (exact) mass is 448 g/mol. The molecule has 1 amide bonds. The fourth-order valence-electron chi connectivity index (χ4n) is 2.57. The molecule has 0 radical (unpaired) electrons. The van der Waals surface area contributed by atoms with Crippen LogP contribution >= 0.6 is 23.2 Å². The Balaban J connectivity index is 1.75. The number of anilines is 1. The Morgan fingerprint density at radius 1 is 0.931 bits per heavy atom. The molecule has 0 aliphatic carbocycles. The van der Waals surface area contributed by atoms with Gasteiger partial charge in [0.1, 0.15) is 0 Å². The zero-order valence-electron chi connectivity index (χ0n) is 15.4. The molecule has 0 aliphatic heterocycles. The largest absolute Gasteiger partial charge is 0.348 e. The molecule has 0 unspecified atom stereocenters. The molecule has 0 heterocycles. The van der Waals surface area contributed by atoms with Gasteiger partial charge in [0.05, 0.1) is 15.5 Å². The van der Waals surface area contributed by atoms with Crippen LogP contribution in [0.25, 0.3) is 0 Å². The van der Waals surface area contributed by atoms with Crippen LogP contribution in [-0.4, -0.2) is 14.3 Å². The molecule has 0 spiro atoms. The van der Waals surface area contributed by atoms with Crippen molar-refractivity contribution in [1.82, 2.24) is 5.32 Å². The molecule has 5 nitrogen and oxygen atoms in total. The van der Waals surface area contributed by atoms with Crippen molar-refractivity contribution in [3.05, 3.63) is 93.5 Å². The highest BCUT2D eigenvalue weighted by Gasteiger charge is 2.17. The molecular formula is C21H18Cl2N2O3S. The van der Waals surface area contributed by atoms with Crippen LogP contribution in [0.4, 0.5) is 5.69 Å². The average molecular weight is 449 g/mol. The molecule has 0 fully saturated rings. The van der Waals surface area contributed by atoms with Gasteiger partial charge in [-0.1, -0.05) is 53.0 Å². The van der Waals surface area contributed by atoms with E-state index in [0.717, 1.165) is 11.1 Å². The van der Waals surface area contributed by atoms with E-state index in [1.165, 1.54) is 30.3 Å². The number of halogens is 2. The van der Waals surface area contributed by atoms with E-state index in [1.807, 2.05) is 6.92 Å². The summed E-state index contributed by atoms with van der Waals surface area (Å²) >= 11 is 12.0. The topological polar surface area (TPSA) is 75.3 Å². The van der Waals surface area contributed by atoms with E-state index in [9.17, 15) is 13.2 Å². The zero-order valence-corrected chi connectivity index (χ0v) is 17.8. The lowest BCUT2D eigenvalue weighted by atomic mass is 10.1. The van der Waals surface area contributed by atoms with Gasteiger partial charge in [-0.15, -0.1) is 0 Å². The predicted octanol–water partition coefficient (Wildman–Crippen LogP) is 5.03. The van der Waals surface area contributed by atoms with E-state index in [0.29, 0.717) is 5.02 Å². The molecule has 3 aromatic carbocycles. The van der Waals surface area contributed by atoms with Gasteiger partial charge in [0.25, 0.3) is 15.9 Å². The van der Waals surface area contributed by atoms with E-state index in [1.54, 1.807) is 36.4 Å². The first-order chi connectivity index (χ1) is 13.7. The molecule has 3 rings (SSSR count). The Labute approximate surface area is 179 Å². The maximum absolute atomic E-state index is 12.6. The van der Waals surface area contributed by atoms with E-state index < -0.39 is 15.9 Å². The lowest BCUT2D eigenvalue weighted by molar-refractivity contribution is 0.0951. The summed E-state index contributed by atoms with van der Waals surface area (Å²) in [5.74, 6) is -0.415. The highest BCUT2D eigenvalue weighted by molar-refractivity contribution is 7.92. The number of amides is 1. The number of carbonyl (C=O) groups is 1. The van der Waals surface area contributed by atoms with Crippen molar-refractivity contribution in [1.29, 1.82) is 0 Å². The summed E-state index contributed by atoms with van der Waals surface area (Å²) in [6, 6.07) is 17.9. The third-order valence-corrected chi connectivity index (χ3v) is 6.14. The Kier molecular flexibility index (Phi) is 6.47. The van der Waals surface area contributed by atoms with E-state index in [-0.39, 0.29) is 27.7 Å². The van der Waals surface area contributed by atoms with Gasteiger partial charge in [-0.05, 0) is 55.0 Å². The summed E-state index contributed by atoms with van der Waals surface area (Å²) in [7, 11) is -3.78. The SMILES string of the molecule is Cc1ccc(S(=O)(=O)Nc2ccc(Cl)c(C(=O)NCc3ccc(Cl)cc3)c2)cc1. The minimum atomic E-state index is -3.78. The van der Waals surface area contributed by atoms with Crippen LogP contribution in [0.2, 0.25) is 10.0 Å². The molecule has 0 aliphatic rings. The number of hydrogen-bond donors (Lipinski definition) is 2. The van der Waals surface area contributed by atoms with Gasteiger partial charge < -0.3 is 5.32 Å². The standard InChI is InChI=1S/C21H18Cl2N2O3S/c1-14-2-9-18(10-3-14)29(27,28)25-17-8-11-20(23)19(12-17)21(26)24-13-15-4-6-16(22)7-5-15/h2-12,25H,13H2,1H3,(H,24,26). The van der Waals surface area contributed by atoms with Crippen molar-refractivity contribution in [2.24, 2.45) is 0 Å². The second-order valence-corrected chi connectivity index (χ2v) is 8.95. The van der Waals surface area contributed by atoms with Crippen molar-refractivity contribution in [3.8, 4) is 0 Å². The molecule has 8 heteroatoms. The molecule has 0 aromatic heterocycles. The average Bonchev–Trinajstić information content (AvgIpc) is 2.69. The Morgan fingerprint density at radius 3 is 2.24 bits per heavy atom. The minimum absolute atomic E-state index is 0.131. The molecule has 29 heavy (non-hydrogen) atoms. The summed E-state index contributed by atoms with van der Waals surface area (Å²) in [6.45, 7) is 2.16. The maximum atomic E-state index is 12.6. The lowest BCUT2D eigenvalue weighted by Crippen LogP contribution is -2.23. The minimum Gasteiger partial charge on any atom is -0.348 e. The fourth-order valence-corrected chi connectivity index (χ4v) is 3.95. The van der Waals surface area contributed by atoms with Crippen molar-refractivity contribution in [2.75, 3.05) is 4.72 Å². The molecule has 150 valence electrons. The summed E-state index contributed by atoms with van der Waals surface area (Å²) in [4.78, 5) is 12.7. The highest BCUT2D eigenvalue weighted by Crippen LogP contribution is 2.23. The molecular weight excluding hydrogens is 431 g/mol. The van der Waals surface area contributed by atoms with Crippen LogP contribution in [0.5, 0.6) is 0 Å². The fraction of sp³-hybridized carbons (Fsp3) is 0.0952. The van der Waals surface area contributed by atoms with Gasteiger partial charge in [-0.25, -0.2) is 8.42 Å². The number of rotatable bonds is 6. The van der Waals surface area contributed by atoms with Crippen molar-refractivity contribution < 1.29 is 13.2 Å². The van der Waals surface area contributed by atoms with Crippen LogP contribution in [0.15, 0.2) is 71.6 Å². The van der Waals surface area contributed by atoms with E-state index in [2.05, 4.69) is 10.0 Å². The Bertz CT molecular complexity index is 1130. The molecule has 0 bridgehead atoms. The Morgan fingerprint density at radius 2 is 1.59 bits per heavy atom. The molecule has 0 saturated carbocycles. The predicted molar refractivity (Wildman–Crippen MR) is 116 cm³/mol. The van der Waals surface area contributed by atoms with Gasteiger partial charge in [-0.3, -0.25) is 9.52 Å². The number of sulfonamides is 1. The molecule has 3 aromatic rings. The normalized spacial score (nSPS) is 11.1. The number of benzene rings is 3. The van der Waals surface area contributed by atoms with Crippen molar-refractivity contribution >= 4 is 44.8 Å². The lowest BCUT2D eigenvalue weighted by Gasteiger charge is -2.11. The highest BCUT2D eigenvalue weighted by atomic mass is 35.5. The zero-order chi connectivity index (χ0) is 21.0. The second-order valence-electron chi connectivity index (χ2n) is 6.42. The van der Waals surface area contributed by atoms with Crippen LogP contribution < -0.4 is 10.0 Å². The van der Waals surface area contributed by atoms with Crippen molar-refractivity contribution in [3.63, 3.8) is 0 Å². The third kappa shape index (κ3) is 5.50. The van der Waals surface area contributed by atoms with E-state index in [4.69, 9.17) is 23.2 Å². The summed E-state index contributed by atoms with van der Waals surface area (Å²) < 4.78 is 27.6. The number of nitrogens with one attached hydrogen (secondary N) is 2. The van der Waals surface area contributed by atoms with E-state index >= 15 is 0 Å². The smallest absolute Gasteiger partial charge is 0.261 e. The third-order valence-electron chi connectivity index (χ3n) is 4.16. The second kappa shape index (κ2) is 8.86. The van der Waals surface area contributed by atoms with Crippen LogP contribution in [0.1, 0.15) is 21.5 Å². The van der Waals surface area contributed by atoms with Crippen LogP contribution in [-0.2, 0) is 16.6 Å². The molecule has 0 atom stereocenters. The maximum Gasteiger partial charge on any atom is 0.261 e. The Hall–Kier alpha value is -2.54. The molecule has 0 saturated heterocycles. The first-order valence-electron chi connectivity index (χ1n) is 8.66. The number of carbonyl (C=O) groups excluding carboxylic acids is 1. The van der Waals surface area contributed by atoms with Gasteiger partial charge in [0.15, 0.2) is 0 Å². The number of hydrogen-bond acceptors (Lipinski definition) is 3. The number of aryl methyl sites for hydroxylation is 1. The van der Waals surface area contributed by atoms with Gasteiger partial charge >= 0.3 is 0 Å².